The highest BCUT2D eigenvalue weighted by molar-refractivity contribution is 6.09. The van der Waals surface area contributed by atoms with Gasteiger partial charge in [-0.1, -0.05) is 18.2 Å². The van der Waals surface area contributed by atoms with Crippen LogP contribution in [0.4, 0.5) is 5.69 Å². The quantitative estimate of drug-likeness (QED) is 0.810. The third-order valence-corrected chi connectivity index (χ3v) is 3.63. The summed E-state index contributed by atoms with van der Waals surface area (Å²) >= 11 is 0. The number of rotatable bonds is 6. The van der Waals surface area contributed by atoms with Crippen molar-refractivity contribution < 1.29 is 23.9 Å². The van der Waals surface area contributed by atoms with E-state index in [1.54, 1.807) is 38.1 Å². The highest BCUT2D eigenvalue weighted by Crippen LogP contribution is 2.43. The Morgan fingerprint density at radius 1 is 1.05 bits per heavy atom. The van der Waals surface area contributed by atoms with Crippen LogP contribution in [0.15, 0.2) is 24.3 Å². The highest BCUT2D eigenvalue weighted by Gasteiger charge is 2.50. The molecule has 6 nitrogen and oxygen atoms in total. The summed E-state index contributed by atoms with van der Waals surface area (Å²) < 4.78 is 9.93. The summed E-state index contributed by atoms with van der Waals surface area (Å²) in [5, 5.41) is 2.73. The zero-order valence-electron chi connectivity index (χ0n) is 12.7. The normalized spacial score (nSPS) is 14.9. The van der Waals surface area contributed by atoms with E-state index in [1.807, 2.05) is 0 Å². The second-order valence-electron chi connectivity index (χ2n) is 5.05. The summed E-state index contributed by atoms with van der Waals surface area (Å²) in [4.78, 5) is 36.4. The van der Waals surface area contributed by atoms with Gasteiger partial charge >= 0.3 is 11.9 Å². The molecule has 0 fully saturated rings. The number of hydrogen-bond donors (Lipinski definition) is 1. The number of carbonyl (C=O) groups is 3. The fourth-order valence-corrected chi connectivity index (χ4v) is 2.70. The van der Waals surface area contributed by atoms with E-state index in [9.17, 15) is 14.4 Å². The van der Waals surface area contributed by atoms with Crippen molar-refractivity contribution in [1.29, 1.82) is 0 Å². The highest BCUT2D eigenvalue weighted by atomic mass is 16.5. The van der Waals surface area contributed by atoms with Gasteiger partial charge in [-0.2, -0.15) is 0 Å². The lowest BCUT2D eigenvalue weighted by molar-refractivity contribution is -0.150. The molecule has 0 saturated carbocycles. The van der Waals surface area contributed by atoms with E-state index < -0.39 is 17.4 Å². The molecule has 1 heterocycles. The number of amides is 1. The van der Waals surface area contributed by atoms with Crippen molar-refractivity contribution in [3.8, 4) is 0 Å². The minimum absolute atomic E-state index is 0.192. The standard InChI is InChI=1S/C16H19NO5/c1-3-21-13(18)9-16(10-14(19)22-4-2)11-7-5-6-8-12(11)17-15(16)20/h5-8H,3-4,9-10H2,1-2H3,(H,17,20). The summed E-state index contributed by atoms with van der Waals surface area (Å²) in [5.74, 6) is -1.41. The second-order valence-corrected chi connectivity index (χ2v) is 5.05. The number of ether oxygens (including phenoxy) is 2. The maximum atomic E-state index is 12.5. The maximum absolute atomic E-state index is 12.5. The Morgan fingerprint density at radius 3 is 2.14 bits per heavy atom. The summed E-state index contributed by atoms with van der Waals surface area (Å²) in [6, 6.07) is 7.03. The molecular formula is C16H19NO5. The van der Waals surface area contributed by atoms with Crippen LogP contribution in [0.3, 0.4) is 0 Å². The lowest BCUT2D eigenvalue weighted by Crippen LogP contribution is -2.39. The fraction of sp³-hybridized carbons (Fsp3) is 0.438. The monoisotopic (exact) mass is 305 g/mol. The molecule has 118 valence electrons. The van der Waals surface area contributed by atoms with Gasteiger partial charge in [-0.15, -0.1) is 0 Å². The molecule has 22 heavy (non-hydrogen) atoms. The first-order valence-electron chi connectivity index (χ1n) is 7.25. The molecule has 6 heteroatoms. The average molecular weight is 305 g/mol. The lowest BCUT2D eigenvalue weighted by Gasteiger charge is -2.25. The predicted octanol–water partition coefficient (Wildman–Crippen LogP) is 1.78. The van der Waals surface area contributed by atoms with Crippen LogP contribution < -0.4 is 5.32 Å². The van der Waals surface area contributed by atoms with Gasteiger partial charge in [0.25, 0.3) is 0 Å². The van der Waals surface area contributed by atoms with Gasteiger partial charge in [-0.3, -0.25) is 14.4 Å². The number of fused-ring (bicyclic) bond motifs is 1. The van der Waals surface area contributed by atoms with Crippen molar-refractivity contribution in [1.82, 2.24) is 0 Å². The third kappa shape index (κ3) is 2.95. The number of benzene rings is 1. The fourth-order valence-electron chi connectivity index (χ4n) is 2.70. The number of carbonyl (C=O) groups excluding carboxylic acids is 3. The van der Waals surface area contributed by atoms with E-state index in [2.05, 4.69) is 5.32 Å². The van der Waals surface area contributed by atoms with E-state index in [1.165, 1.54) is 0 Å². The Labute approximate surface area is 128 Å². The van der Waals surface area contributed by atoms with Crippen molar-refractivity contribution >= 4 is 23.5 Å². The molecule has 1 aromatic rings. The van der Waals surface area contributed by atoms with E-state index in [0.717, 1.165) is 0 Å². The molecule has 1 N–H and O–H groups in total. The third-order valence-electron chi connectivity index (χ3n) is 3.63. The second kappa shape index (κ2) is 6.60. The topological polar surface area (TPSA) is 81.7 Å². The van der Waals surface area contributed by atoms with Gasteiger partial charge in [0.15, 0.2) is 0 Å². The number of hydrogen-bond acceptors (Lipinski definition) is 5. The zero-order valence-corrected chi connectivity index (χ0v) is 12.7. The maximum Gasteiger partial charge on any atom is 0.307 e. The van der Waals surface area contributed by atoms with Crippen LogP contribution in [-0.4, -0.2) is 31.1 Å². The minimum Gasteiger partial charge on any atom is -0.466 e. The summed E-state index contributed by atoms with van der Waals surface area (Å²) in [6.45, 7) is 3.83. The molecule has 1 amide bonds. The van der Waals surface area contributed by atoms with Crippen molar-refractivity contribution in [3.05, 3.63) is 29.8 Å². The number of para-hydroxylation sites is 1. The molecular weight excluding hydrogens is 286 g/mol. The molecule has 1 aliphatic heterocycles. The van der Waals surface area contributed by atoms with Crippen LogP contribution in [-0.2, 0) is 29.3 Å². The zero-order chi connectivity index (χ0) is 16.2. The van der Waals surface area contributed by atoms with Gasteiger partial charge in [-0.25, -0.2) is 0 Å². The molecule has 0 saturated heterocycles. The van der Waals surface area contributed by atoms with Crippen molar-refractivity contribution in [2.45, 2.75) is 32.1 Å². The van der Waals surface area contributed by atoms with Crippen LogP contribution in [0.1, 0.15) is 32.3 Å². The number of anilines is 1. The van der Waals surface area contributed by atoms with Crippen molar-refractivity contribution in [2.75, 3.05) is 18.5 Å². The molecule has 1 aliphatic rings. The molecule has 0 spiro atoms. The molecule has 0 bridgehead atoms. The van der Waals surface area contributed by atoms with Crippen LogP contribution in [0.25, 0.3) is 0 Å². The van der Waals surface area contributed by atoms with E-state index in [-0.39, 0.29) is 32.0 Å². The van der Waals surface area contributed by atoms with Gasteiger partial charge < -0.3 is 14.8 Å². The van der Waals surface area contributed by atoms with Gasteiger partial charge in [0.2, 0.25) is 5.91 Å². The Morgan fingerprint density at radius 2 is 1.59 bits per heavy atom. The van der Waals surface area contributed by atoms with Crippen LogP contribution in [0.5, 0.6) is 0 Å². The molecule has 0 atom stereocenters. The first-order valence-corrected chi connectivity index (χ1v) is 7.25. The van der Waals surface area contributed by atoms with Crippen LogP contribution in [0, 0.1) is 0 Å². The van der Waals surface area contributed by atoms with E-state index in [0.29, 0.717) is 11.3 Å². The van der Waals surface area contributed by atoms with Crippen molar-refractivity contribution in [3.63, 3.8) is 0 Å². The summed E-state index contributed by atoms with van der Waals surface area (Å²) in [5.41, 5.74) is -0.0306. The van der Waals surface area contributed by atoms with E-state index >= 15 is 0 Å². The molecule has 0 aromatic heterocycles. The van der Waals surface area contributed by atoms with Gasteiger partial charge in [0.1, 0.15) is 0 Å². The Hall–Kier alpha value is -2.37. The molecule has 0 unspecified atom stereocenters. The molecule has 0 radical (unpaired) electrons. The van der Waals surface area contributed by atoms with Crippen molar-refractivity contribution in [2.24, 2.45) is 0 Å². The lowest BCUT2D eigenvalue weighted by atomic mass is 9.76. The Kier molecular flexibility index (Phi) is 4.80. The minimum atomic E-state index is -1.27. The van der Waals surface area contributed by atoms with E-state index in [4.69, 9.17) is 9.47 Å². The summed E-state index contributed by atoms with van der Waals surface area (Å²) in [6.07, 6.45) is -0.384. The predicted molar refractivity (Wildman–Crippen MR) is 79.2 cm³/mol. The Bertz CT molecular complexity index is 576. The molecule has 2 rings (SSSR count). The smallest absolute Gasteiger partial charge is 0.307 e. The average Bonchev–Trinajstić information content (AvgIpc) is 2.72. The van der Waals surface area contributed by atoms with Gasteiger partial charge in [0.05, 0.1) is 31.5 Å². The van der Waals surface area contributed by atoms with Gasteiger partial charge in [-0.05, 0) is 25.5 Å². The number of esters is 2. The largest absolute Gasteiger partial charge is 0.466 e. The number of nitrogens with one attached hydrogen (secondary N) is 1. The molecule has 1 aromatic carbocycles. The molecule has 0 aliphatic carbocycles. The van der Waals surface area contributed by atoms with Gasteiger partial charge in [0, 0.05) is 5.69 Å². The summed E-state index contributed by atoms with van der Waals surface area (Å²) in [7, 11) is 0. The SMILES string of the molecule is CCOC(=O)CC1(CC(=O)OCC)C(=O)Nc2ccccc21. The van der Waals surface area contributed by atoms with Crippen LogP contribution >= 0.6 is 0 Å². The first kappa shape index (κ1) is 16.0. The Balaban J connectivity index is 2.39. The van der Waals surface area contributed by atoms with Crippen LogP contribution in [0.2, 0.25) is 0 Å². The first-order chi connectivity index (χ1) is 10.5.